The lowest BCUT2D eigenvalue weighted by Gasteiger charge is -2.24. The summed E-state index contributed by atoms with van der Waals surface area (Å²) in [7, 11) is 6.21. The molecule has 4 heterocycles. The van der Waals surface area contributed by atoms with E-state index in [0.29, 0.717) is 31.2 Å². The van der Waals surface area contributed by atoms with Crippen molar-refractivity contribution in [2.24, 2.45) is 28.7 Å². The van der Waals surface area contributed by atoms with Crippen LogP contribution in [0.4, 0.5) is 14.4 Å². The van der Waals surface area contributed by atoms with Crippen molar-refractivity contribution in [2.45, 2.75) is 112 Å². The topological polar surface area (TPSA) is 213 Å². The maximum absolute atomic E-state index is 11.1. The summed E-state index contributed by atoms with van der Waals surface area (Å²) in [6.07, 6.45) is 0.418. The van der Waals surface area contributed by atoms with Gasteiger partial charge in [-0.05, 0) is 23.7 Å². The molecule has 4 aliphatic rings. The lowest BCUT2D eigenvalue weighted by Crippen LogP contribution is -2.42. The van der Waals surface area contributed by atoms with Gasteiger partial charge in [0.15, 0.2) is 0 Å². The zero-order chi connectivity index (χ0) is 37.3. The van der Waals surface area contributed by atoms with Gasteiger partial charge < -0.3 is 54.1 Å². The molecule has 16 heteroatoms. The number of nitrogens with one attached hydrogen (secondary N) is 1. The van der Waals surface area contributed by atoms with Gasteiger partial charge in [0.05, 0.1) is 43.6 Å². The molecular formula is C33H64N4O12. The average molecular weight is 709 g/mol. The molecule has 288 valence electrons. The number of aliphatic imine (C=N–C) groups is 1. The second-order valence-electron chi connectivity index (χ2n) is 13.1. The predicted octanol–water partition coefficient (Wildman–Crippen LogP) is 2.66. The molecule has 16 nitrogen and oxygen atoms in total. The fourth-order valence-corrected chi connectivity index (χ4v) is 4.72. The number of alkyl carbamates (subject to hydrolysis) is 1. The van der Waals surface area contributed by atoms with Crippen LogP contribution in [0.15, 0.2) is 4.99 Å². The Hall–Kier alpha value is -3.01. The smallest absolute Gasteiger partial charge is 0.410 e. The first-order chi connectivity index (χ1) is 22.4. The molecule has 4 rings (SSSR count). The van der Waals surface area contributed by atoms with E-state index in [1.54, 1.807) is 14.1 Å². The van der Waals surface area contributed by atoms with Gasteiger partial charge in [-0.2, -0.15) is 0 Å². The number of ether oxygens (including phenoxy) is 5. The van der Waals surface area contributed by atoms with Gasteiger partial charge in [-0.3, -0.25) is 0 Å². The van der Waals surface area contributed by atoms with Crippen molar-refractivity contribution >= 4 is 24.4 Å². The van der Waals surface area contributed by atoms with Crippen molar-refractivity contribution in [3.05, 3.63) is 0 Å². The third kappa shape index (κ3) is 17.0. The molecule has 4 aliphatic heterocycles. The Labute approximate surface area is 292 Å². The molecule has 4 saturated heterocycles. The second kappa shape index (κ2) is 24.2. The zero-order valence-corrected chi connectivity index (χ0v) is 30.6. The number of carbonyl (C=O) groups excluding carboxylic acids is 4. The van der Waals surface area contributed by atoms with Crippen LogP contribution in [0.5, 0.6) is 0 Å². The van der Waals surface area contributed by atoms with Gasteiger partial charge in [-0.15, -0.1) is 0 Å². The SMILES string of the molecule is C.CC(C)[C@H](O)[C@H]1COC(=O)N1C.CC(C)[C@H]1OC(=O)N(C)[C@H]1CO.CC(C)[C@H]1O[C@@H]1CO.CN=C=O.CNC(=O)OC[C@H]1O[C@@H]1C(C)C. The number of nitrogens with zero attached hydrogens (tertiary/aromatic N) is 3. The molecule has 0 aliphatic carbocycles. The van der Waals surface area contributed by atoms with E-state index in [-0.39, 0.29) is 81.2 Å². The van der Waals surface area contributed by atoms with E-state index in [1.807, 2.05) is 27.7 Å². The van der Waals surface area contributed by atoms with Crippen molar-refractivity contribution in [3.8, 4) is 0 Å². The second-order valence-corrected chi connectivity index (χ2v) is 13.1. The number of amides is 3. The summed E-state index contributed by atoms with van der Waals surface area (Å²) in [5.74, 6) is 1.46. The van der Waals surface area contributed by atoms with Gasteiger partial charge >= 0.3 is 18.3 Å². The van der Waals surface area contributed by atoms with Crippen LogP contribution in [0.2, 0.25) is 0 Å². The Balaban J connectivity index is 0. The summed E-state index contributed by atoms with van der Waals surface area (Å²) in [5.41, 5.74) is 0. The normalized spacial score (nSPS) is 26.6. The summed E-state index contributed by atoms with van der Waals surface area (Å²) in [6.45, 7) is 17.0. The van der Waals surface area contributed by atoms with Crippen molar-refractivity contribution in [3.63, 3.8) is 0 Å². The summed E-state index contributed by atoms with van der Waals surface area (Å²) in [5, 5.41) is 29.5. The summed E-state index contributed by atoms with van der Waals surface area (Å²) in [4.78, 5) is 47.3. The highest BCUT2D eigenvalue weighted by Crippen LogP contribution is 2.29. The summed E-state index contributed by atoms with van der Waals surface area (Å²) >= 11 is 0. The maximum atomic E-state index is 11.1. The third-order valence-corrected chi connectivity index (χ3v) is 7.90. The van der Waals surface area contributed by atoms with Crippen LogP contribution < -0.4 is 5.32 Å². The zero-order valence-electron chi connectivity index (χ0n) is 30.6. The van der Waals surface area contributed by atoms with Gasteiger partial charge in [0.25, 0.3) is 0 Å². The van der Waals surface area contributed by atoms with Crippen LogP contribution in [0.1, 0.15) is 62.8 Å². The van der Waals surface area contributed by atoms with Crippen molar-refractivity contribution in [1.29, 1.82) is 0 Å². The third-order valence-electron chi connectivity index (χ3n) is 7.90. The van der Waals surface area contributed by atoms with E-state index in [2.05, 4.69) is 38.0 Å². The summed E-state index contributed by atoms with van der Waals surface area (Å²) in [6, 6.07) is -0.366. The van der Waals surface area contributed by atoms with Gasteiger partial charge in [-0.25, -0.2) is 24.2 Å². The molecule has 0 spiro atoms. The van der Waals surface area contributed by atoms with Crippen molar-refractivity contribution in [1.82, 2.24) is 15.1 Å². The van der Waals surface area contributed by atoms with E-state index >= 15 is 0 Å². The van der Waals surface area contributed by atoms with E-state index in [0.717, 1.165) is 0 Å². The Morgan fingerprint density at radius 2 is 1.41 bits per heavy atom. The largest absolute Gasteiger partial charge is 0.447 e. The highest BCUT2D eigenvalue weighted by atomic mass is 16.6. The maximum Gasteiger partial charge on any atom is 0.410 e. The molecule has 3 amide bonds. The Kier molecular flexibility index (Phi) is 23.7. The molecule has 4 fully saturated rings. The number of epoxide rings is 2. The molecule has 0 radical (unpaired) electrons. The molecule has 8 atom stereocenters. The van der Waals surface area contributed by atoms with Gasteiger partial charge in [0, 0.05) is 28.2 Å². The van der Waals surface area contributed by atoms with E-state index in [9.17, 15) is 19.5 Å². The minimum atomic E-state index is -0.499. The Bertz CT molecular complexity index is 1010. The van der Waals surface area contributed by atoms with Crippen LogP contribution in [0, 0.1) is 23.7 Å². The number of aliphatic hydroxyl groups is 3. The Morgan fingerprint density at radius 3 is 1.69 bits per heavy atom. The summed E-state index contributed by atoms with van der Waals surface area (Å²) < 4.78 is 25.0. The molecule has 0 aromatic heterocycles. The lowest BCUT2D eigenvalue weighted by molar-refractivity contribution is 0.0572. The molecular weight excluding hydrogens is 644 g/mol. The quantitative estimate of drug-likeness (QED) is 0.118. The number of hydrogen-bond acceptors (Lipinski definition) is 13. The fraction of sp³-hybridized carbons (Fsp3) is 0.879. The molecule has 0 aromatic carbocycles. The van der Waals surface area contributed by atoms with E-state index in [1.165, 1.54) is 30.0 Å². The van der Waals surface area contributed by atoms with E-state index < -0.39 is 12.2 Å². The monoisotopic (exact) mass is 708 g/mol. The minimum absolute atomic E-state index is 0. The highest BCUT2D eigenvalue weighted by Gasteiger charge is 2.42. The molecule has 0 unspecified atom stereocenters. The number of carbonyl (C=O) groups is 3. The first kappa shape index (κ1) is 48.1. The molecule has 0 bridgehead atoms. The van der Waals surface area contributed by atoms with Crippen molar-refractivity contribution in [2.75, 3.05) is 54.6 Å². The molecule has 0 aromatic rings. The van der Waals surface area contributed by atoms with Crippen LogP contribution in [-0.2, 0) is 28.5 Å². The minimum Gasteiger partial charge on any atom is -0.447 e. The fourth-order valence-electron chi connectivity index (χ4n) is 4.72. The first-order valence-electron chi connectivity index (χ1n) is 16.3. The van der Waals surface area contributed by atoms with E-state index in [4.69, 9.17) is 38.7 Å². The van der Waals surface area contributed by atoms with Crippen LogP contribution in [0.25, 0.3) is 0 Å². The number of cyclic esters (lactones) is 2. The average Bonchev–Trinajstić information content (AvgIpc) is 3.96. The van der Waals surface area contributed by atoms with Crippen LogP contribution in [-0.4, -0.2) is 153 Å². The first-order valence-corrected chi connectivity index (χ1v) is 16.3. The number of isocyanates is 1. The molecule has 4 N–H and O–H groups in total. The van der Waals surface area contributed by atoms with Gasteiger partial charge in [0.2, 0.25) is 6.08 Å². The highest BCUT2D eigenvalue weighted by molar-refractivity contribution is 5.70. The molecule has 49 heavy (non-hydrogen) atoms. The standard InChI is InChI=1S/3C8H15NO3.C6H12O2.C2H3NO.CH4/c1-5(2)7-6(12-7)4-11-8(10)9-3;1-5(2)7(10)6-4-12-8(11)9(6)3;1-5(2)7-6(4-10)9(3)8(11)12-7;1-4(2)6-5(3-7)8-6;1-3-2-4;/h5-7H,4H2,1-3H3,(H,9,10);2*5-7,10H,4H2,1-3H3;4-7H,3H2,1-2H3;1H3;1H4/t6-,7-;2*6-,7+;5-,6-;;/m1101../s1. The number of likely N-dealkylation sites (N-methyl/N-ethyl adjacent to an activating group) is 2. The van der Waals surface area contributed by atoms with Crippen molar-refractivity contribution < 1.29 is 58.2 Å². The van der Waals surface area contributed by atoms with Crippen LogP contribution in [0.3, 0.4) is 0 Å². The van der Waals surface area contributed by atoms with Gasteiger partial charge in [0.1, 0.15) is 31.5 Å². The molecule has 0 saturated carbocycles. The number of hydrogen-bond donors (Lipinski definition) is 4. The lowest BCUT2D eigenvalue weighted by atomic mass is 10.0. The number of aliphatic hydroxyl groups excluding tert-OH is 3. The Morgan fingerprint density at radius 1 is 0.918 bits per heavy atom. The predicted molar refractivity (Wildman–Crippen MR) is 183 cm³/mol. The van der Waals surface area contributed by atoms with Gasteiger partial charge in [-0.1, -0.05) is 62.8 Å². The van der Waals surface area contributed by atoms with Crippen LogP contribution >= 0.6 is 0 Å². The number of rotatable bonds is 9.